The lowest BCUT2D eigenvalue weighted by molar-refractivity contribution is 0.616. The Morgan fingerprint density at radius 3 is 2.00 bits per heavy atom. The first-order valence-electron chi connectivity index (χ1n) is 6.81. The van der Waals surface area contributed by atoms with Gasteiger partial charge in [0.15, 0.2) is 0 Å². The largest absolute Gasteiger partial charge is 0.449 e. The Balaban J connectivity index is 2.25. The molecular weight excluding hydrogens is 243 g/mol. The summed E-state index contributed by atoms with van der Waals surface area (Å²) in [6.07, 6.45) is 0. The van der Waals surface area contributed by atoms with Gasteiger partial charge >= 0.3 is 7.48 Å². The van der Waals surface area contributed by atoms with Crippen LogP contribution in [0.1, 0.15) is 0 Å². The van der Waals surface area contributed by atoms with Gasteiger partial charge in [-0.25, -0.2) is 0 Å². The lowest BCUT2D eigenvalue weighted by Crippen LogP contribution is -2.14. The van der Waals surface area contributed by atoms with Crippen molar-refractivity contribution in [3.63, 3.8) is 0 Å². The van der Waals surface area contributed by atoms with E-state index in [1.165, 1.54) is 26.9 Å². The van der Waals surface area contributed by atoms with Crippen LogP contribution in [0.3, 0.4) is 0 Å². The van der Waals surface area contributed by atoms with Crippen LogP contribution in [0, 0.1) is 0 Å². The van der Waals surface area contributed by atoms with Gasteiger partial charge in [-0.3, -0.25) is 0 Å². The van der Waals surface area contributed by atoms with Crippen LogP contribution in [-0.4, -0.2) is 12.5 Å². The fraction of sp³-hybridized carbons (Fsp3) is 0. The normalized spacial score (nSPS) is 11.2. The standard InChI is InChI=1S/C18H13BO/c20-19-18-11-14-9-12-5-1-2-6-13(12)10-17(14)15-7-3-4-8-16(15)18/h1-11,19-20H. The fourth-order valence-electron chi connectivity index (χ4n) is 3.00. The third-order valence-electron chi connectivity index (χ3n) is 3.98. The molecule has 4 aromatic carbocycles. The second kappa shape index (κ2) is 4.36. The lowest BCUT2D eigenvalue weighted by Gasteiger charge is -2.09. The Morgan fingerprint density at radius 2 is 1.25 bits per heavy atom. The second-order valence-corrected chi connectivity index (χ2v) is 5.16. The molecule has 1 nitrogen and oxygen atoms in total. The minimum absolute atomic E-state index is 0.0727. The Labute approximate surface area is 117 Å². The summed E-state index contributed by atoms with van der Waals surface area (Å²) in [6, 6.07) is 23.2. The van der Waals surface area contributed by atoms with E-state index in [1.54, 1.807) is 0 Å². The van der Waals surface area contributed by atoms with Crippen molar-refractivity contribution in [3.05, 3.63) is 66.7 Å². The second-order valence-electron chi connectivity index (χ2n) is 5.16. The molecule has 0 aliphatic rings. The van der Waals surface area contributed by atoms with E-state index in [0.717, 1.165) is 10.8 Å². The molecule has 20 heavy (non-hydrogen) atoms. The van der Waals surface area contributed by atoms with E-state index in [1.807, 2.05) is 6.07 Å². The SMILES string of the molecule is OBc1cc2cc3ccccc3cc2c2ccccc12. The van der Waals surface area contributed by atoms with Gasteiger partial charge in [0.1, 0.15) is 0 Å². The summed E-state index contributed by atoms with van der Waals surface area (Å²) in [4.78, 5) is 0. The average molecular weight is 256 g/mol. The first-order chi connectivity index (χ1) is 9.86. The summed E-state index contributed by atoms with van der Waals surface area (Å²) in [5, 5.41) is 16.9. The zero-order valence-corrected chi connectivity index (χ0v) is 11.0. The van der Waals surface area contributed by atoms with Crippen molar-refractivity contribution < 1.29 is 5.02 Å². The summed E-state index contributed by atoms with van der Waals surface area (Å²) < 4.78 is 0. The highest BCUT2D eigenvalue weighted by Crippen LogP contribution is 2.28. The summed E-state index contributed by atoms with van der Waals surface area (Å²) in [6.45, 7) is 0. The molecule has 0 aliphatic heterocycles. The highest BCUT2D eigenvalue weighted by atomic mass is 16.2. The van der Waals surface area contributed by atoms with Crippen LogP contribution in [0.2, 0.25) is 0 Å². The van der Waals surface area contributed by atoms with Crippen molar-refractivity contribution >= 4 is 45.3 Å². The van der Waals surface area contributed by atoms with E-state index in [0.29, 0.717) is 0 Å². The van der Waals surface area contributed by atoms with E-state index in [4.69, 9.17) is 0 Å². The molecule has 0 atom stereocenters. The fourth-order valence-corrected chi connectivity index (χ4v) is 3.00. The van der Waals surface area contributed by atoms with E-state index >= 15 is 0 Å². The molecule has 0 saturated heterocycles. The maximum atomic E-state index is 9.61. The zero-order chi connectivity index (χ0) is 13.5. The number of hydrogen-bond donors (Lipinski definition) is 1. The quantitative estimate of drug-likeness (QED) is 0.315. The highest BCUT2D eigenvalue weighted by Gasteiger charge is 2.07. The van der Waals surface area contributed by atoms with Crippen LogP contribution in [0.25, 0.3) is 32.3 Å². The maximum absolute atomic E-state index is 9.61. The molecule has 0 aromatic heterocycles. The van der Waals surface area contributed by atoms with Gasteiger partial charge in [-0.15, -0.1) is 0 Å². The number of benzene rings is 4. The van der Waals surface area contributed by atoms with Gasteiger partial charge in [0.25, 0.3) is 0 Å². The van der Waals surface area contributed by atoms with Gasteiger partial charge in [0, 0.05) is 0 Å². The Hall–Kier alpha value is -2.32. The molecule has 0 amide bonds. The van der Waals surface area contributed by atoms with E-state index in [-0.39, 0.29) is 7.48 Å². The summed E-state index contributed by atoms with van der Waals surface area (Å²) in [5.74, 6) is 0. The van der Waals surface area contributed by atoms with Crippen molar-refractivity contribution in [2.75, 3.05) is 0 Å². The van der Waals surface area contributed by atoms with Crippen LogP contribution in [-0.2, 0) is 0 Å². The maximum Gasteiger partial charge on any atom is 0.305 e. The predicted octanol–water partition coefficient (Wildman–Crippen LogP) is 3.12. The first-order valence-corrected chi connectivity index (χ1v) is 6.81. The smallest absolute Gasteiger partial charge is 0.305 e. The van der Waals surface area contributed by atoms with Gasteiger partial charge in [0.05, 0.1) is 0 Å². The van der Waals surface area contributed by atoms with E-state index in [2.05, 4.69) is 60.7 Å². The van der Waals surface area contributed by atoms with Crippen LogP contribution < -0.4 is 5.46 Å². The van der Waals surface area contributed by atoms with Crippen LogP contribution in [0.15, 0.2) is 66.7 Å². The van der Waals surface area contributed by atoms with Crippen molar-refractivity contribution in [2.24, 2.45) is 0 Å². The summed E-state index contributed by atoms with van der Waals surface area (Å²) in [7, 11) is 0.0727. The van der Waals surface area contributed by atoms with E-state index in [9.17, 15) is 5.02 Å². The third kappa shape index (κ3) is 1.62. The number of hydrogen-bond acceptors (Lipinski definition) is 1. The molecule has 0 radical (unpaired) electrons. The minimum atomic E-state index is 0.0727. The molecule has 0 spiro atoms. The van der Waals surface area contributed by atoms with Crippen molar-refractivity contribution in [2.45, 2.75) is 0 Å². The number of fused-ring (bicyclic) bond motifs is 4. The minimum Gasteiger partial charge on any atom is -0.449 e. The molecule has 0 unspecified atom stereocenters. The average Bonchev–Trinajstić information content (AvgIpc) is 2.52. The molecule has 0 fully saturated rings. The van der Waals surface area contributed by atoms with Gasteiger partial charge in [-0.05, 0) is 49.9 Å². The number of rotatable bonds is 1. The summed E-state index contributed by atoms with van der Waals surface area (Å²) >= 11 is 0. The lowest BCUT2D eigenvalue weighted by atomic mass is 9.82. The van der Waals surface area contributed by atoms with Gasteiger partial charge in [0.2, 0.25) is 0 Å². The molecular formula is C18H13BO. The van der Waals surface area contributed by atoms with Crippen LogP contribution in [0.4, 0.5) is 0 Å². The van der Waals surface area contributed by atoms with Gasteiger partial charge in [-0.1, -0.05) is 54.6 Å². The molecule has 2 heteroatoms. The van der Waals surface area contributed by atoms with Crippen molar-refractivity contribution in [1.29, 1.82) is 0 Å². The molecule has 0 bridgehead atoms. The molecule has 0 heterocycles. The molecule has 1 N–H and O–H groups in total. The van der Waals surface area contributed by atoms with Crippen LogP contribution in [0.5, 0.6) is 0 Å². The topological polar surface area (TPSA) is 20.2 Å². The molecule has 4 rings (SSSR count). The molecule has 4 aromatic rings. The first kappa shape index (κ1) is 11.5. The zero-order valence-electron chi connectivity index (χ0n) is 11.0. The molecule has 94 valence electrons. The van der Waals surface area contributed by atoms with Gasteiger partial charge in [-0.2, -0.15) is 0 Å². The molecule has 0 saturated carbocycles. The third-order valence-corrected chi connectivity index (χ3v) is 3.98. The Kier molecular flexibility index (Phi) is 2.51. The van der Waals surface area contributed by atoms with Crippen LogP contribution >= 0.6 is 0 Å². The van der Waals surface area contributed by atoms with Crippen molar-refractivity contribution in [3.8, 4) is 0 Å². The van der Waals surface area contributed by atoms with Crippen molar-refractivity contribution in [1.82, 2.24) is 0 Å². The Bertz CT molecular complexity index is 944. The van der Waals surface area contributed by atoms with E-state index < -0.39 is 0 Å². The Morgan fingerprint density at radius 1 is 0.600 bits per heavy atom. The monoisotopic (exact) mass is 256 g/mol. The summed E-state index contributed by atoms with van der Waals surface area (Å²) in [5.41, 5.74) is 0.989. The van der Waals surface area contributed by atoms with Gasteiger partial charge < -0.3 is 5.02 Å². The predicted molar refractivity (Wildman–Crippen MR) is 88.0 cm³/mol. The molecule has 0 aliphatic carbocycles. The highest BCUT2D eigenvalue weighted by molar-refractivity contribution is 6.51.